The van der Waals surface area contributed by atoms with E-state index in [4.69, 9.17) is 4.74 Å². The smallest absolute Gasteiger partial charge is 0.308 e. The fraction of sp³-hybridized carbons (Fsp3) is 0.273. The number of benzene rings is 2. The molecule has 1 heterocycles. The Balaban J connectivity index is 1.66. The van der Waals surface area contributed by atoms with Crippen molar-refractivity contribution in [1.82, 2.24) is 9.78 Å². The number of fused-ring (bicyclic) bond motifs is 1. The van der Waals surface area contributed by atoms with Crippen LogP contribution in [0.25, 0.3) is 10.9 Å². The van der Waals surface area contributed by atoms with Crippen LogP contribution in [0, 0.1) is 13.8 Å². The second-order valence-corrected chi connectivity index (χ2v) is 6.81. The van der Waals surface area contributed by atoms with Crippen molar-refractivity contribution in [3.05, 3.63) is 75.6 Å². The molecule has 0 saturated heterocycles. The molecule has 6 nitrogen and oxygen atoms in total. The molecule has 3 rings (SSSR count). The number of rotatable bonds is 6. The van der Waals surface area contributed by atoms with Gasteiger partial charge in [-0.2, -0.15) is 5.10 Å². The van der Waals surface area contributed by atoms with Crippen LogP contribution in [0.5, 0.6) is 0 Å². The minimum absolute atomic E-state index is 0.0459. The quantitative estimate of drug-likeness (QED) is 0.486. The van der Waals surface area contributed by atoms with Crippen LogP contribution in [0.2, 0.25) is 0 Å². The van der Waals surface area contributed by atoms with Crippen LogP contribution in [0.15, 0.2) is 53.5 Å². The Morgan fingerprint density at radius 2 is 1.89 bits per heavy atom. The fourth-order valence-electron chi connectivity index (χ4n) is 3.07. The van der Waals surface area contributed by atoms with Crippen LogP contribution >= 0.6 is 0 Å². The molecule has 0 N–H and O–H groups in total. The summed E-state index contributed by atoms with van der Waals surface area (Å²) in [4.78, 5) is 36.7. The zero-order chi connectivity index (χ0) is 20.3. The van der Waals surface area contributed by atoms with Gasteiger partial charge in [0.25, 0.3) is 0 Å². The van der Waals surface area contributed by atoms with Crippen molar-refractivity contribution in [2.45, 2.75) is 39.8 Å². The van der Waals surface area contributed by atoms with E-state index in [0.29, 0.717) is 16.5 Å². The number of hydrogen-bond acceptors (Lipinski definition) is 5. The molecule has 0 aliphatic heterocycles. The van der Waals surface area contributed by atoms with Gasteiger partial charge in [-0.1, -0.05) is 29.8 Å². The Bertz CT molecular complexity index is 1100. The van der Waals surface area contributed by atoms with Gasteiger partial charge in [0, 0.05) is 10.9 Å². The maximum Gasteiger partial charge on any atom is 0.308 e. The summed E-state index contributed by atoms with van der Waals surface area (Å²) in [5.41, 5.74) is 2.88. The summed E-state index contributed by atoms with van der Waals surface area (Å²) in [5.74, 6) is -0.711. The summed E-state index contributed by atoms with van der Waals surface area (Å²) < 4.78 is 6.92. The lowest BCUT2D eigenvalue weighted by atomic mass is 9.99. The molecule has 0 aliphatic rings. The SMILES string of the molecule is Cc1ccc(C)c(C(=O)[C@@H](C)OC(=O)CCn2ncc(=O)c3ccccc32)c1. The Morgan fingerprint density at radius 3 is 2.68 bits per heavy atom. The molecule has 1 atom stereocenters. The van der Waals surface area contributed by atoms with Gasteiger partial charge in [-0.25, -0.2) is 0 Å². The predicted octanol–water partition coefficient (Wildman–Crippen LogP) is 3.22. The second-order valence-electron chi connectivity index (χ2n) is 6.81. The van der Waals surface area contributed by atoms with Crippen LogP contribution in [-0.4, -0.2) is 27.6 Å². The maximum atomic E-state index is 12.6. The van der Waals surface area contributed by atoms with Gasteiger partial charge in [0.1, 0.15) is 0 Å². The molecule has 3 aromatic rings. The van der Waals surface area contributed by atoms with E-state index in [-0.39, 0.29) is 24.2 Å². The van der Waals surface area contributed by atoms with Crippen molar-refractivity contribution < 1.29 is 14.3 Å². The molecule has 28 heavy (non-hydrogen) atoms. The molecule has 0 saturated carbocycles. The molecule has 0 fully saturated rings. The summed E-state index contributed by atoms with van der Waals surface area (Å²) >= 11 is 0. The van der Waals surface area contributed by atoms with E-state index >= 15 is 0 Å². The van der Waals surface area contributed by atoms with Crippen molar-refractivity contribution in [1.29, 1.82) is 0 Å². The molecule has 0 unspecified atom stereocenters. The topological polar surface area (TPSA) is 78.3 Å². The molecule has 6 heteroatoms. The Morgan fingerprint density at radius 1 is 1.14 bits per heavy atom. The van der Waals surface area contributed by atoms with Gasteiger partial charge in [-0.3, -0.25) is 19.1 Å². The fourth-order valence-corrected chi connectivity index (χ4v) is 3.07. The van der Waals surface area contributed by atoms with Crippen LogP contribution < -0.4 is 5.43 Å². The highest BCUT2D eigenvalue weighted by molar-refractivity contribution is 6.01. The number of aromatic nitrogens is 2. The standard InChI is InChI=1S/C22H22N2O4/c1-14-8-9-15(2)18(12-14)22(27)16(3)28-21(26)10-11-24-19-7-5-4-6-17(19)20(25)13-23-24/h4-9,12-13,16H,10-11H2,1-3H3/t16-/m1/s1. The van der Waals surface area contributed by atoms with Gasteiger partial charge in [0.2, 0.25) is 11.2 Å². The number of nitrogens with zero attached hydrogens (tertiary/aromatic N) is 2. The molecular weight excluding hydrogens is 356 g/mol. The number of para-hydroxylation sites is 1. The molecule has 2 aromatic carbocycles. The van der Waals surface area contributed by atoms with Crippen LogP contribution in [0.1, 0.15) is 34.8 Å². The number of ketones is 1. The second kappa shape index (κ2) is 8.17. The normalized spacial score (nSPS) is 12.0. The van der Waals surface area contributed by atoms with Crippen molar-refractivity contribution in [2.75, 3.05) is 0 Å². The van der Waals surface area contributed by atoms with E-state index in [1.54, 1.807) is 35.9 Å². The van der Waals surface area contributed by atoms with Gasteiger partial charge in [-0.15, -0.1) is 0 Å². The number of hydrogen-bond donors (Lipinski definition) is 0. The van der Waals surface area contributed by atoms with E-state index in [9.17, 15) is 14.4 Å². The molecule has 144 valence electrons. The zero-order valence-corrected chi connectivity index (χ0v) is 16.1. The van der Waals surface area contributed by atoms with Gasteiger partial charge in [-0.05, 0) is 44.5 Å². The number of Topliss-reactive ketones (excluding diaryl/α,β-unsaturated/α-hetero) is 1. The highest BCUT2D eigenvalue weighted by Crippen LogP contribution is 2.15. The van der Waals surface area contributed by atoms with E-state index in [1.165, 1.54) is 6.20 Å². The third kappa shape index (κ3) is 4.17. The third-order valence-electron chi connectivity index (χ3n) is 4.63. The number of ether oxygens (including phenoxy) is 1. The first kappa shape index (κ1) is 19.5. The zero-order valence-electron chi connectivity index (χ0n) is 16.1. The summed E-state index contributed by atoms with van der Waals surface area (Å²) in [7, 11) is 0. The number of carbonyl (C=O) groups is 2. The minimum atomic E-state index is -0.869. The van der Waals surface area contributed by atoms with Crippen LogP contribution in [-0.2, 0) is 16.1 Å². The summed E-state index contributed by atoms with van der Waals surface area (Å²) in [5, 5.41) is 4.64. The first-order valence-electron chi connectivity index (χ1n) is 9.12. The lowest BCUT2D eigenvalue weighted by molar-refractivity contribution is -0.146. The van der Waals surface area contributed by atoms with Crippen molar-refractivity contribution in [3.63, 3.8) is 0 Å². The lowest BCUT2D eigenvalue weighted by Gasteiger charge is -2.15. The maximum absolute atomic E-state index is 12.6. The van der Waals surface area contributed by atoms with Crippen molar-refractivity contribution in [2.24, 2.45) is 0 Å². The monoisotopic (exact) mass is 378 g/mol. The molecule has 0 spiro atoms. The average molecular weight is 378 g/mol. The lowest BCUT2D eigenvalue weighted by Crippen LogP contribution is -2.26. The first-order valence-corrected chi connectivity index (χ1v) is 9.12. The molecule has 0 amide bonds. The van der Waals surface area contributed by atoms with Crippen molar-refractivity contribution >= 4 is 22.7 Å². The number of esters is 1. The first-order chi connectivity index (χ1) is 13.4. The Labute approximate surface area is 162 Å². The molecule has 0 bridgehead atoms. The highest BCUT2D eigenvalue weighted by atomic mass is 16.5. The summed E-state index contributed by atoms with van der Waals surface area (Å²) in [6, 6.07) is 12.7. The summed E-state index contributed by atoms with van der Waals surface area (Å²) in [6.45, 7) is 5.60. The van der Waals surface area contributed by atoms with Gasteiger partial charge in [0.15, 0.2) is 6.10 Å². The third-order valence-corrected chi connectivity index (χ3v) is 4.63. The average Bonchev–Trinajstić information content (AvgIpc) is 2.69. The van der Waals surface area contributed by atoms with E-state index in [2.05, 4.69) is 5.10 Å². The number of aryl methyl sites for hydroxylation is 3. The van der Waals surface area contributed by atoms with Gasteiger partial charge < -0.3 is 4.74 Å². The Hall–Kier alpha value is -3.28. The molecule has 0 aliphatic carbocycles. The van der Waals surface area contributed by atoms with Crippen LogP contribution in [0.3, 0.4) is 0 Å². The summed E-state index contributed by atoms with van der Waals surface area (Å²) in [6.07, 6.45) is 0.414. The molecular formula is C22H22N2O4. The van der Waals surface area contributed by atoms with Crippen molar-refractivity contribution in [3.8, 4) is 0 Å². The predicted molar refractivity (Wildman–Crippen MR) is 106 cm³/mol. The van der Waals surface area contributed by atoms with E-state index < -0.39 is 12.1 Å². The van der Waals surface area contributed by atoms with Crippen LogP contribution in [0.4, 0.5) is 0 Å². The highest BCUT2D eigenvalue weighted by Gasteiger charge is 2.21. The largest absolute Gasteiger partial charge is 0.454 e. The minimum Gasteiger partial charge on any atom is -0.454 e. The molecule has 1 aromatic heterocycles. The van der Waals surface area contributed by atoms with E-state index in [1.807, 2.05) is 32.0 Å². The number of carbonyl (C=O) groups excluding carboxylic acids is 2. The molecule has 0 radical (unpaired) electrons. The Kier molecular flexibility index (Phi) is 5.68. The van der Waals surface area contributed by atoms with E-state index in [0.717, 1.165) is 11.1 Å². The van der Waals surface area contributed by atoms with Gasteiger partial charge in [0.05, 0.1) is 24.7 Å². The van der Waals surface area contributed by atoms with Gasteiger partial charge >= 0.3 is 5.97 Å².